The molecule has 0 fully saturated rings. The first kappa shape index (κ1) is 13.1. The highest BCUT2D eigenvalue weighted by atomic mass is 15.3. The second-order valence-corrected chi connectivity index (χ2v) is 4.62. The molecule has 5 nitrogen and oxygen atoms in total. The van der Waals surface area contributed by atoms with Crippen LogP contribution in [0.15, 0.2) is 12.3 Å². The third-order valence-corrected chi connectivity index (χ3v) is 3.25. The highest BCUT2D eigenvalue weighted by Crippen LogP contribution is 2.20. The van der Waals surface area contributed by atoms with Crippen LogP contribution in [0.5, 0.6) is 0 Å². The minimum absolute atomic E-state index is 0.604. The molecule has 2 aromatic heterocycles. The summed E-state index contributed by atoms with van der Waals surface area (Å²) in [4.78, 5) is 4.30. The molecule has 0 spiro atoms. The second kappa shape index (κ2) is 5.11. The lowest BCUT2D eigenvalue weighted by Gasteiger charge is -2.10. The predicted octanol–water partition coefficient (Wildman–Crippen LogP) is 2.22. The minimum Gasteiger partial charge on any atom is -0.380 e. The largest absolute Gasteiger partial charge is 0.380 e. The molecule has 0 radical (unpaired) electrons. The van der Waals surface area contributed by atoms with E-state index in [1.54, 1.807) is 0 Å². The fraction of sp³-hybridized carbons (Fsp3) is 0.357. The smallest absolute Gasteiger partial charge is 0.103 e. The molecule has 2 heterocycles. The van der Waals surface area contributed by atoms with Gasteiger partial charge in [0.05, 0.1) is 23.1 Å². The fourth-order valence-electron chi connectivity index (χ4n) is 2.02. The van der Waals surface area contributed by atoms with Crippen molar-refractivity contribution in [3.63, 3.8) is 0 Å². The number of nitrogens with zero attached hydrogens (tertiary/aromatic N) is 4. The van der Waals surface area contributed by atoms with Crippen molar-refractivity contribution in [3.05, 3.63) is 40.5 Å². The van der Waals surface area contributed by atoms with Gasteiger partial charge < -0.3 is 5.32 Å². The molecule has 0 unspecified atom stereocenters. The molecule has 98 valence electrons. The maximum atomic E-state index is 9.20. The molecule has 0 aliphatic carbocycles. The van der Waals surface area contributed by atoms with Crippen molar-refractivity contribution in [1.82, 2.24) is 14.8 Å². The third kappa shape index (κ3) is 2.58. The van der Waals surface area contributed by atoms with E-state index < -0.39 is 0 Å². The van der Waals surface area contributed by atoms with Crippen LogP contribution < -0.4 is 5.32 Å². The van der Waals surface area contributed by atoms with E-state index in [0.29, 0.717) is 12.1 Å². The van der Waals surface area contributed by atoms with Crippen molar-refractivity contribution >= 4 is 5.69 Å². The molecule has 2 aromatic rings. The zero-order chi connectivity index (χ0) is 14.0. The summed E-state index contributed by atoms with van der Waals surface area (Å²) in [5.74, 6) is 0. The molecule has 0 bridgehead atoms. The first-order valence-electron chi connectivity index (χ1n) is 6.12. The van der Waals surface area contributed by atoms with Crippen LogP contribution in [0.3, 0.4) is 0 Å². The van der Waals surface area contributed by atoms with Gasteiger partial charge in [0.15, 0.2) is 0 Å². The standard InChI is InChI=1S/C14H17N5/c1-9-5-14(13(6-15)10(2)18-9)16-7-12-8-17-19(4)11(12)3/h5,8H,7H2,1-4H3,(H,16,18). The quantitative estimate of drug-likeness (QED) is 0.913. The number of aromatic nitrogens is 3. The van der Waals surface area contributed by atoms with E-state index in [1.165, 1.54) is 0 Å². The molecular weight excluding hydrogens is 238 g/mol. The number of rotatable bonds is 3. The van der Waals surface area contributed by atoms with Crippen LogP contribution in [0.4, 0.5) is 5.69 Å². The van der Waals surface area contributed by atoms with Gasteiger partial charge in [-0.05, 0) is 26.8 Å². The van der Waals surface area contributed by atoms with Gasteiger partial charge in [-0.3, -0.25) is 9.67 Å². The topological polar surface area (TPSA) is 66.5 Å². The van der Waals surface area contributed by atoms with Crippen LogP contribution in [0, 0.1) is 32.1 Å². The van der Waals surface area contributed by atoms with E-state index >= 15 is 0 Å². The molecule has 1 N–H and O–H groups in total. The monoisotopic (exact) mass is 255 g/mol. The van der Waals surface area contributed by atoms with Crippen LogP contribution in [-0.4, -0.2) is 14.8 Å². The Morgan fingerprint density at radius 2 is 2.11 bits per heavy atom. The molecular formula is C14H17N5. The molecule has 0 aliphatic rings. The van der Waals surface area contributed by atoms with Gasteiger partial charge in [0, 0.05) is 30.5 Å². The minimum atomic E-state index is 0.604. The Bertz CT molecular complexity index is 649. The average Bonchev–Trinajstić information content (AvgIpc) is 2.67. The highest BCUT2D eigenvalue weighted by Gasteiger charge is 2.09. The third-order valence-electron chi connectivity index (χ3n) is 3.25. The number of hydrogen-bond donors (Lipinski definition) is 1. The summed E-state index contributed by atoms with van der Waals surface area (Å²) in [7, 11) is 1.92. The van der Waals surface area contributed by atoms with Crippen molar-refractivity contribution in [2.75, 3.05) is 5.32 Å². The van der Waals surface area contributed by atoms with Crippen LogP contribution in [0.1, 0.15) is 28.2 Å². The van der Waals surface area contributed by atoms with E-state index in [0.717, 1.165) is 28.3 Å². The first-order valence-corrected chi connectivity index (χ1v) is 6.12. The highest BCUT2D eigenvalue weighted by molar-refractivity contribution is 5.60. The molecule has 19 heavy (non-hydrogen) atoms. The predicted molar refractivity (Wildman–Crippen MR) is 73.7 cm³/mol. The molecule has 0 saturated carbocycles. The van der Waals surface area contributed by atoms with E-state index in [-0.39, 0.29) is 0 Å². The number of hydrogen-bond acceptors (Lipinski definition) is 4. The van der Waals surface area contributed by atoms with Crippen LogP contribution in [-0.2, 0) is 13.6 Å². The van der Waals surface area contributed by atoms with Gasteiger partial charge >= 0.3 is 0 Å². The summed E-state index contributed by atoms with van der Waals surface area (Å²) in [6.07, 6.45) is 1.84. The lowest BCUT2D eigenvalue weighted by atomic mass is 10.1. The SMILES string of the molecule is Cc1cc(NCc2cnn(C)c2C)c(C#N)c(C)n1. The van der Waals surface area contributed by atoms with Gasteiger partial charge in [0.1, 0.15) is 6.07 Å². The number of pyridine rings is 1. The van der Waals surface area contributed by atoms with Gasteiger partial charge in [0.25, 0.3) is 0 Å². The molecule has 5 heteroatoms. The zero-order valence-electron chi connectivity index (χ0n) is 11.7. The summed E-state index contributed by atoms with van der Waals surface area (Å²) in [5, 5.41) is 16.7. The van der Waals surface area contributed by atoms with Crippen LogP contribution in [0.25, 0.3) is 0 Å². The average molecular weight is 255 g/mol. The van der Waals surface area contributed by atoms with Crippen molar-refractivity contribution in [3.8, 4) is 6.07 Å². The van der Waals surface area contributed by atoms with E-state index in [1.807, 2.05) is 44.8 Å². The normalized spacial score (nSPS) is 10.3. The van der Waals surface area contributed by atoms with Crippen LogP contribution in [0.2, 0.25) is 0 Å². The van der Waals surface area contributed by atoms with E-state index in [4.69, 9.17) is 0 Å². The van der Waals surface area contributed by atoms with Gasteiger partial charge in [-0.15, -0.1) is 0 Å². The molecule has 0 amide bonds. The number of nitrogens with one attached hydrogen (secondary N) is 1. The van der Waals surface area contributed by atoms with Crippen molar-refractivity contribution in [2.45, 2.75) is 27.3 Å². The number of aryl methyl sites for hydroxylation is 3. The Morgan fingerprint density at radius 1 is 1.37 bits per heavy atom. The van der Waals surface area contributed by atoms with Crippen molar-refractivity contribution in [1.29, 1.82) is 5.26 Å². The summed E-state index contributed by atoms with van der Waals surface area (Å²) in [6, 6.07) is 4.10. The molecule has 0 atom stereocenters. The van der Waals surface area contributed by atoms with Gasteiger partial charge in [0.2, 0.25) is 0 Å². The summed E-state index contributed by atoms with van der Waals surface area (Å²) >= 11 is 0. The fourth-order valence-corrected chi connectivity index (χ4v) is 2.02. The number of nitriles is 1. The Labute approximate surface area is 112 Å². The number of anilines is 1. The zero-order valence-corrected chi connectivity index (χ0v) is 11.7. The molecule has 0 aliphatic heterocycles. The molecule has 2 rings (SSSR count). The van der Waals surface area contributed by atoms with Gasteiger partial charge in [-0.2, -0.15) is 10.4 Å². The van der Waals surface area contributed by atoms with Crippen molar-refractivity contribution in [2.24, 2.45) is 7.05 Å². The second-order valence-electron chi connectivity index (χ2n) is 4.62. The molecule has 0 saturated heterocycles. The Kier molecular flexibility index (Phi) is 3.52. The van der Waals surface area contributed by atoms with Crippen LogP contribution >= 0.6 is 0 Å². The first-order chi connectivity index (χ1) is 9.02. The lowest BCUT2D eigenvalue weighted by Crippen LogP contribution is -2.05. The Balaban J connectivity index is 2.25. The van der Waals surface area contributed by atoms with E-state index in [2.05, 4.69) is 21.5 Å². The lowest BCUT2D eigenvalue weighted by molar-refractivity contribution is 0.738. The van der Waals surface area contributed by atoms with Gasteiger partial charge in [-0.25, -0.2) is 0 Å². The Hall–Kier alpha value is -2.35. The molecule has 0 aromatic carbocycles. The maximum Gasteiger partial charge on any atom is 0.103 e. The Morgan fingerprint density at radius 3 is 2.68 bits per heavy atom. The summed E-state index contributed by atoms with van der Waals surface area (Å²) < 4.78 is 1.84. The summed E-state index contributed by atoms with van der Waals surface area (Å²) in [5.41, 5.74) is 5.34. The van der Waals surface area contributed by atoms with E-state index in [9.17, 15) is 5.26 Å². The maximum absolute atomic E-state index is 9.20. The van der Waals surface area contributed by atoms with Crippen molar-refractivity contribution < 1.29 is 0 Å². The summed E-state index contributed by atoms with van der Waals surface area (Å²) in [6.45, 7) is 6.45. The van der Waals surface area contributed by atoms with Gasteiger partial charge in [-0.1, -0.05) is 0 Å².